The van der Waals surface area contributed by atoms with Crippen molar-refractivity contribution < 1.29 is 14.3 Å². The first-order valence-corrected chi connectivity index (χ1v) is 7.18. The maximum Gasteiger partial charge on any atom is 0.245 e. The third-order valence-corrected chi connectivity index (χ3v) is 3.62. The van der Waals surface area contributed by atoms with Crippen molar-refractivity contribution in [1.29, 1.82) is 0 Å². The van der Waals surface area contributed by atoms with Crippen molar-refractivity contribution >= 4 is 23.5 Å². The van der Waals surface area contributed by atoms with Gasteiger partial charge in [-0.05, 0) is 23.6 Å². The maximum absolute atomic E-state index is 11.7. The van der Waals surface area contributed by atoms with E-state index in [1.54, 1.807) is 31.6 Å². The minimum absolute atomic E-state index is 0.157. The Hall–Kier alpha value is -2.34. The van der Waals surface area contributed by atoms with Crippen LogP contribution in [0.1, 0.15) is 10.4 Å². The molecule has 5 nitrogen and oxygen atoms in total. The van der Waals surface area contributed by atoms with Gasteiger partial charge >= 0.3 is 0 Å². The maximum atomic E-state index is 11.7. The molecule has 6 heteroatoms. The van der Waals surface area contributed by atoms with Crippen LogP contribution in [0.15, 0.2) is 40.8 Å². The van der Waals surface area contributed by atoms with Gasteiger partial charge in [-0.1, -0.05) is 12.1 Å². The molecule has 2 rings (SSSR count). The van der Waals surface area contributed by atoms with Crippen LogP contribution < -0.4 is 14.9 Å². The van der Waals surface area contributed by atoms with Crippen LogP contribution in [0.5, 0.6) is 11.5 Å². The van der Waals surface area contributed by atoms with Gasteiger partial charge in [-0.3, -0.25) is 4.79 Å². The summed E-state index contributed by atoms with van der Waals surface area (Å²) < 4.78 is 10.5. The number of hydrogen-bond acceptors (Lipinski definition) is 5. The van der Waals surface area contributed by atoms with Gasteiger partial charge in [0, 0.05) is 10.4 Å². The summed E-state index contributed by atoms with van der Waals surface area (Å²) in [6, 6.07) is 9.29. The van der Waals surface area contributed by atoms with Crippen molar-refractivity contribution in [1.82, 2.24) is 5.43 Å². The van der Waals surface area contributed by atoms with Crippen LogP contribution in [0, 0.1) is 0 Å². The van der Waals surface area contributed by atoms with Crippen LogP contribution in [0.2, 0.25) is 0 Å². The van der Waals surface area contributed by atoms with Crippen molar-refractivity contribution in [2.45, 2.75) is 6.42 Å². The summed E-state index contributed by atoms with van der Waals surface area (Å²) in [6.45, 7) is 0. The zero-order chi connectivity index (χ0) is 15.1. The standard InChI is InChI=1S/C15H16N2O3S/c1-19-13-7-3-5-11(15(13)20-2)10-16-17-14(18)9-12-6-4-8-21-12/h3-8,10H,9H2,1-2H3,(H,17,18). The number of nitrogens with zero attached hydrogens (tertiary/aromatic N) is 1. The Labute approximate surface area is 127 Å². The number of methoxy groups -OCH3 is 2. The number of carbonyl (C=O) groups excluding carboxylic acids is 1. The van der Waals surface area contributed by atoms with Gasteiger partial charge in [-0.15, -0.1) is 11.3 Å². The predicted octanol–water partition coefficient (Wildman–Crippen LogP) is 2.46. The van der Waals surface area contributed by atoms with Gasteiger partial charge in [0.15, 0.2) is 11.5 Å². The van der Waals surface area contributed by atoms with E-state index in [-0.39, 0.29) is 5.91 Å². The molecular formula is C15H16N2O3S. The highest BCUT2D eigenvalue weighted by Gasteiger charge is 2.07. The first-order valence-electron chi connectivity index (χ1n) is 6.30. The van der Waals surface area contributed by atoms with Crippen molar-refractivity contribution in [2.75, 3.05) is 14.2 Å². The van der Waals surface area contributed by atoms with E-state index in [9.17, 15) is 4.79 Å². The molecule has 0 bridgehead atoms. The largest absolute Gasteiger partial charge is 0.493 e. The SMILES string of the molecule is COc1cccc(C=NNC(=O)Cc2cccs2)c1OC. The van der Waals surface area contributed by atoms with E-state index in [2.05, 4.69) is 10.5 Å². The van der Waals surface area contributed by atoms with Gasteiger partial charge in [0.25, 0.3) is 0 Å². The first kappa shape index (κ1) is 15.1. The number of nitrogens with one attached hydrogen (secondary N) is 1. The average Bonchev–Trinajstić information content (AvgIpc) is 2.99. The Morgan fingerprint density at radius 3 is 2.81 bits per heavy atom. The number of para-hydroxylation sites is 1. The van der Waals surface area contributed by atoms with Gasteiger partial charge in [-0.25, -0.2) is 5.43 Å². The summed E-state index contributed by atoms with van der Waals surface area (Å²) in [4.78, 5) is 12.7. The summed E-state index contributed by atoms with van der Waals surface area (Å²) in [7, 11) is 3.13. The number of hydrazone groups is 1. The summed E-state index contributed by atoms with van der Waals surface area (Å²) in [5, 5.41) is 5.89. The molecule has 21 heavy (non-hydrogen) atoms. The molecule has 0 atom stereocenters. The van der Waals surface area contributed by atoms with E-state index in [0.29, 0.717) is 17.9 Å². The van der Waals surface area contributed by atoms with Crippen LogP contribution in [0.25, 0.3) is 0 Å². The van der Waals surface area contributed by atoms with E-state index in [4.69, 9.17) is 9.47 Å². The lowest BCUT2D eigenvalue weighted by Gasteiger charge is -2.09. The first-order chi connectivity index (χ1) is 10.2. The fourth-order valence-corrected chi connectivity index (χ4v) is 2.50. The number of ether oxygens (including phenoxy) is 2. The number of thiophene rings is 1. The van der Waals surface area contributed by atoms with Gasteiger partial charge in [0.1, 0.15) is 0 Å². The molecule has 2 aromatic rings. The predicted molar refractivity (Wildman–Crippen MR) is 83.3 cm³/mol. The average molecular weight is 304 g/mol. The summed E-state index contributed by atoms with van der Waals surface area (Å²) in [5.41, 5.74) is 3.23. The Morgan fingerprint density at radius 2 is 2.14 bits per heavy atom. The molecule has 1 amide bonds. The molecule has 0 radical (unpaired) electrons. The minimum Gasteiger partial charge on any atom is -0.493 e. The van der Waals surface area contributed by atoms with Crippen LogP contribution in [-0.2, 0) is 11.2 Å². The van der Waals surface area contributed by atoms with Gasteiger partial charge in [0.05, 0.1) is 26.9 Å². The Bertz CT molecular complexity index is 624. The molecule has 0 aliphatic carbocycles. The highest BCUT2D eigenvalue weighted by molar-refractivity contribution is 7.10. The molecule has 1 N–H and O–H groups in total. The minimum atomic E-state index is -0.157. The molecule has 0 spiro atoms. The lowest BCUT2D eigenvalue weighted by Crippen LogP contribution is -2.19. The normalized spacial score (nSPS) is 10.6. The molecule has 1 heterocycles. The Kier molecular flexibility index (Phi) is 5.34. The van der Waals surface area contributed by atoms with Crippen molar-refractivity contribution in [3.8, 4) is 11.5 Å². The summed E-state index contributed by atoms with van der Waals surface area (Å²) in [6.07, 6.45) is 1.86. The second-order valence-electron chi connectivity index (χ2n) is 4.13. The van der Waals surface area contributed by atoms with E-state index in [1.165, 1.54) is 6.21 Å². The van der Waals surface area contributed by atoms with E-state index in [1.807, 2.05) is 29.6 Å². The number of hydrogen-bond donors (Lipinski definition) is 1. The fourth-order valence-electron chi connectivity index (χ4n) is 1.80. The van der Waals surface area contributed by atoms with Gasteiger partial charge in [0.2, 0.25) is 5.91 Å². The zero-order valence-corrected chi connectivity index (χ0v) is 12.6. The quantitative estimate of drug-likeness (QED) is 0.659. The van der Waals surface area contributed by atoms with E-state index in [0.717, 1.165) is 10.4 Å². The monoisotopic (exact) mass is 304 g/mol. The van der Waals surface area contributed by atoms with Crippen LogP contribution in [0.3, 0.4) is 0 Å². The number of carbonyl (C=O) groups is 1. The van der Waals surface area contributed by atoms with Gasteiger partial charge in [-0.2, -0.15) is 5.10 Å². The molecule has 0 aliphatic rings. The molecule has 0 fully saturated rings. The lowest BCUT2D eigenvalue weighted by molar-refractivity contribution is -0.120. The number of benzene rings is 1. The zero-order valence-electron chi connectivity index (χ0n) is 11.8. The van der Waals surface area contributed by atoms with Crippen LogP contribution in [-0.4, -0.2) is 26.3 Å². The summed E-state index contributed by atoms with van der Waals surface area (Å²) in [5.74, 6) is 1.04. The molecule has 1 aromatic heterocycles. The van der Waals surface area contributed by atoms with Crippen LogP contribution >= 0.6 is 11.3 Å². The van der Waals surface area contributed by atoms with Crippen LogP contribution in [0.4, 0.5) is 0 Å². The highest BCUT2D eigenvalue weighted by atomic mass is 32.1. The fraction of sp³-hybridized carbons (Fsp3) is 0.200. The van der Waals surface area contributed by atoms with Crippen molar-refractivity contribution in [3.63, 3.8) is 0 Å². The molecule has 0 saturated carbocycles. The van der Waals surface area contributed by atoms with Crippen molar-refractivity contribution in [3.05, 3.63) is 46.2 Å². The topological polar surface area (TPSA) is 59.9 Å². The second-order valence-corrected chi connectivity index (χ2v) is 5.16. The molecule has 110 valence electrons. The smallest absolute Gasteiger partial charge is 0.245 e. The molecule has 0 saturated heterocycles. The third kappa shape index (κ3) is 4.06. The number of rotatable bonds is 6. The van der Waals surface area contributed by atoms with E-state index < -0.39 is 0 Å². The molecular weight excluding hydrogens is 288 g/mol. The molecule has 0 aliphatic heterocycles. The Morgan fingerprint density at radius 1 is 1.29 bits per heavy atom. The highest BCUT2D eigenvalue weighted by Crippen LogP contribution is 2.29. The summed E-state index contributed by atoms with van der Waals surface area (Å²) >= 11 is 1.54. The second kappa shape index (κ2) is 7.44. The third-order valence-electron chi connectivity index (χ3n) is 2.74. The Balaban J connectivity index is 1.99. The van der Waals surface area contributed by atoms with Crippen molar-refractivity contribution in [2.24, 2.45) is 5.10 Å². The molecule has 1 aromatic carbocycles. The number of amides is 1. The van der Waals surface area contributed by atoms with E-state index >= 15 is 0 Å². The van der Waals surface area contributed by atoms with Gasteiger partial charge < -0.3 is 9.47 Å². The molecule has 0 unspecified atom stereocenters. The lowest BCUT2D eigenvalue weighted by atomic mass is 10.2.